The molecule has 1 heterocycles. The van der Waals surface area contributed by atoms with E-state index in [0.717, 1.165) is 30.0 Å². The summed E-state index contributed by atoms with van der Waals surface area (Å²) in [6.07, 6.45) is 0. The monoisotopic (exact) mass is 407 g/mol. The van der Waals surface area contributed by atoms with Gasteiger partial charge in [-0.15, -0.1) is 12.4 Å². The maximum absolute atomic E-state index is 13.6. The average molecular weight is 408 g/mol. The molecule has 0 aliphatic carbocycles. The van der Waals surface area contributed by atoms with E-state index in [-0.39, 0.29) is 30.2 Å². The number of para-hydroxylation sites is 1. The maximum Gasteiger partial charge on any atom is 0.236 e. The first-order chi connectivity index (χ1) is 13.1. The van der Waals surface area contributed by atoms with Crippen LogP contribution in [0.25, 0.3) is 0 Å². The number of piperazine rings is 1. The van der Waals surface area contributed by atoms with Crippen molar-refractivity contribution in [2.75, 3.05) is 40.3 Å². The third-order valence-electron chi connectivity index (χ3n) is 4.95. The van der Waals surface area contributed by atoms with Gasteiger partial charge in [0.15, 0.2) is 0 Å². The molecule has 1 amide bonds. The smallest absolute Gasteiger partial charge is 0.236 e. The Morgan fingerprint density at radius 2 is 2.07 bits per heavy atom. The molecule has 0 radical (unpaired) electrons. The van der Waals surface area contributed by atoms with E-state index in [1.165, 1.54) is 6.07 Å². The number of benzene rings is 2. The van der Waals surface area contributed by atoms with Crippen LogP contribution < -0.4 is 10.1 Å². The lowest BCUT2D eigenvalue weighted by Gasteiger charge is -2.36. The number of rotatable bonds is 6. The molecule has 7 heteroatoms. The molecule has 1 atom stereocenters. The van der Waals surface area contributed by atoms with Crippen LogP contribution in [0.15, 0.2) is 48.5 Å². The van der Waals surface area contributed by atoms with Crippen LogP contribution in [-0.4, -0.2) is 56.0 Å². The fraction of sp³-hybridized carbons (Fsp3) is 0.381. The highest BCUT2D eigenvalue weighted by molar-refractivity contribution is 5.85. The van der Waals surface area contributed by atoms with Crippen LogP contribution in [0, 0.1) is 5.82 Å². The van der Waals surface area contributed by atoms with Crippen LogP contribution in [0.1, 0.15) is 17.2 Å². The summed E-state index contributed by atoms with van der Waals surface area (Å²) in [6, 6.07) is 14.3. The van der Waals surface area contributed by atoms with Gasteiger partial charge in [0, 0.05) is 44.8 Å². The summed E-state index contributed by atoms with van der Waals surface area (Å²) >= 11 is 0. The minimum absolute atomic E-state index is 0. The van der Waals surface area contributed by atoms with Crippen LogP contribution in [0.5, 0.6) is 5.75 Å². The van der Waals surface area contributed by atoms with Gasteiger partial charge in [-0.1, -0.05) is 30.3 Å². The van der Waals surface area contributed by atoms with Crippen molar-refractivity contribution in [3.05, 3.63) is 65.5 Å². The van der Waals surface area contributed by atoms with Gasteiger partial charge in [-0.25, -0.2) is 4.39 Å². The minimum Gasteiger partial charge on any atom is -0.496 e. The molecule has 0 spiro atoms. The van der Waals surface area contributed by atoms with Gasteiger partial charge in [-0.2, -0.15) is 0 Å². The summed E-state index contributed by atoms with van der Waals surface area (Å²) in [5, 5.41) is 3.33. The molecule has 2 aromatic carbocycles. The van der Waals surface area contributed by atoms with Gasteiger partial charge in [0.25, 0.3) is 0 Å². The number of carbonyl (C=O) groups is 1. The summed E-state index contributed by atoms with van der Waals surface area (Å²) < 4.78 is 19.0. The quantitative estimate of drug-likeness (QED) is 0.799. The molecule has 2 aromatic rings. The molecular formula is C21H27ClFN3O2. The van der Waals surface area contributed by atoms with E-state index in [2.05, 4.69) is 10.2 Å². The largest absolute Gasteiger partial charge is 0.496 e. The summed E-state index contributed by atoms with van der Waals surface area (Å²) in [7, 11) is 3.43. The van der Waals surface area contributed by atoms with Gasteiger partial charge >= 0.3 is 0 Å². The molecule has 1 saturated heterocycles. The average Bonchev–Trinajstić information content (AvgIpc) is 2.68. The van der Waals surface area contributed by atoms with Crippen LogP contribution in [0.3, 0.4) is 0 Å². The number of likely N-dealkylation sites (N-methyl/N-ethyl adjacent to an activating group) is 1. The number of nitrogens with zero attached hydrogens (tertiary/aromatic N) is 2. The second-order valence-electron chi connectivity index (χ2n) is 6.81. The van der Waals surface area contributed by atoms with Crippen molar-refractivity contribution in [2.24, 2.45) is 0 Å². The zero-order valence-corrected chi connectivity index (χ0v) is 17.0. The molecule has 0 saturated carbocycles. The van der Waals surface area contributed by atoms with E-state index < -0.39 is 0 Å². The summed E-state index contributed by atoms with van der Waals surface area (Å²) in [4.78, 5) is 16.6. The number of nitrogens with one attached hydrogen (secondary N) is 1. The third-order valence-corrected chi connectivity index (χ3v) is 4.95. The van der Waals surface area contributed by atoms with Crippen molar-refractivity contribution in [3.8, 4) is 5.75 Å². The van der Waals surface area contributed by atoms with Gasteiger partial charge in [0.2, 0.25) is 5.91 Å². The molecule has 1 aliphatic heterocycles. The van der Waals surface area contributed by atoms with E-state index >= 15 is 0 Å². The molecule has 1 N–H and O–H groups in total. The standard InChI is InChI=1S/C21H26FN3O2.ClH/c1-24(14-17-6-3-4-9-20(17)27-2)21(26)15-25-11-10-23-13-19(25)16-7-5-8-18(22)12-16;/h3-9,12,19,23H,10-11,13-15H2,1-2H3;1H. The molecule has 1 fully saturated rings. The first kappa shape index (κ1) is 22.1. The second kappa shape index (κ2) is 10.4. The van der Waals surface area contributed by atoms with Gasteiger partial charge < -0.3 is 15.0 Å². The number of hydrogen-bond donors (Lipinski definition) is 1. The number of halogens is 2. The van der Waals surface area contributed by atoms with Crippen molar-refractivity contribution >= 4 is 18.3 Å². The zero-order valence-electron chi connectivity index (χ0n) is 16.2. The van der Waals surface area contributed by atoms with E-state index in [0.29, 0.717) is 19.6 Å². The van der Waals surface area contributed by atoms with Gasteiger partial charge in [0.05, 0.1) is 13.7 Å². The molecule has 28 heavy (non-hydrogen) atoms. The molecule has 0 bridgehead atoms. The highest BCUT2D eigenvalue weighted by Gasteiger charge is 2.27. The lowest BCUT2D eigenvalue weighted by molar-refractivity contribution is -0.132. The Hall–Kier alpha value is -2.15. The van der Waals surface area contributed by atoms with E-state index in [1.807, 2.05) is 30.3 Å². The van der Waals surface area contributed by atoms with Gasteiger partial charge in [0.1, 0.15) is 11.6 Å². The molecule has 5 nitrogen and oxygen atoms in total. The molecular weight excluding hydrogens is 381 g/mol. The van der Waals surface area contributed by atoms with Crippen molar-refractivity contribution in [3.63, 3.8) is 0 Å². The predicted octanol–water partition coefficient (Wildman–Crippen LogP) is 2.86. The highest BCUT2D eigenvalue weighted by Crippen LogP contribution is 2.23. The molecule has 1 aliphatic rings. The highest BCUT2D eigenvalue weighted by atomic mass is 35.5. The van der Waals surface area contributed by atoms with Gasteiger partial charge in [-0.3, -0.25) is 9.69 Å². The van der Waals surface area contributed by atoms with Crippen LogP contribution >= 0.6 is 12.4 Å². The lowest BCUT2D eigenvalue weighted by atomic mass is 10.0. The Morgan fingerprint density at radius 3 is 2.82 bits per heavy atom. The van der Waals surface area contributed by atoms with E-state index in [4.69, 9.17) is 4.74 Å². The van der Waals surface area contributed by atoms with Crippen molar-refractivity contribution in [1.82, 2.24) is 15.1 Å². The number of carbonyl (C=O) groups excluding carboxylic acids is 1. The number of ether oxygens (including phenoxy) is 1. The Morgan fingerprint density at radius 1 is 1.29 bits per heavy atom. The molecule has 0 aromatic heterocycles. The normalized spacial score (nSPS) is 16.9. The minimum atomic E-state index is -0.252. The summed E-state index contributed by atoms with van der Waals surface area (Å²) in [5.41, 5.74) is 1.86. The van der Waals surface area contributed by atoms with E-state index in [9.17, 15) is 9.18 Å². The Bertz CT molecular complexity index is 790. The number of methoxy groups -OCH3 is 1. The van der Waals surface area contributed by atoms with Crippen molar-refractivity contribution < 1.29 is 13.9 Å². The fourth-order valence-corrected chi connectivity index (χ4v) is 3.45. The number of amides is 1. The SMILES string of the molecule is COc1ccccc1CN(C)C(=O)CN1CCNCC1c1cccc(F)c1.Cl. The van der Waals surface area contributed by atoms with Crippen LogP contribution in [-0.2, 0) is 11.3 Å². The molecule has 152 valence electrons. The number of hydrogen-bond acceptors (Lipinski definition) is 4. The first-order valence-corrected chi connectivity index (χ1v) is 9.14. The third kappa shape index (κ3) is 5.44. The van der Waals surface area contributed by atoms with Gasteiger partial charge in [-0.05, 0) is 23.8 Å². The van der Waals surface area contributed by atoms with Crippen molar-refractivity contribution in [1.29, 1.82) is 0 Å². The Kier molecular flexibility index (Phi) is 8.23. The molecule has 1 unspecified atom stereocenters. The molecule has 3 rings (SSSR count). The Balaban J connectivity index is 0.00000280. The van der Waals surface area contributed by atoms with Crippen LogP contribution in [0.4, 0.5) is 4.39 Å². The van der Waals surface area contributed by atoms with E-state index in [1.54, 1.807) is 31.2 Å². The first-order valence-electron chi connectivity index (χ1n) is 9.14. The Labute approximate surface area is 171 Å². The van der Waals surface area contributed by atoms with Crippen molar-refractivity contribution in [2.45, 2.75) is 12.6 Å². The fourth-order valence-electron chi connectivity index (χ4n) is 3.45. The van der Waals surface area contributed by atoms with Crippen LogP contribution in [0.2, 0.25) is 0 Å². The maximum atomic E-state index is 13.6. The summed E-state index contributed by atoms with van der Waals surface area (Å²) in [6.45, 7) is 3.05. The zero-order chi connectivity index (χ0) is 19.2. The predicted molar refractivity (Wildman–Crippen MR) is 110 cm³/mol. The lowest BCUT2D eigenvalue weighted by Crippen LogP contribution is -2.49. The topological polar surface area (TPSA) is 44.8 Å². The summed E-state index contributed by atoms with van der Waals surface area (Å²) in [5.74, 6) is 0.554. The second-order valence-corrected chi connectivity index (χ2v) is 6.81.